The Morgan fingerprint density at radius 1 is 1.50 bits per heavy atom. The van der Waals surface area contributed by atoms with Gasteiger partial charge in [0.05, 0.1) is 12.7 Å². The van der Waals surface area contributed by atoms with Gasteiger partial charge >= 0.3 is 0 Å². The Labute approximate surface area is 98.0 Å². The molecule has 0 saturated carbocycles. The Balaban J connectivity index is 2.37. The van der Waals surface area contributed by atoms with Crippen LogP contribution in [0.3, 0.4) is 0 Å². The summed E-state index contributed by atoms with van der Waals surface area (Å²) in [4.78, 5) is 11.3. The van der Waals surface area contributed by atoms with Crippen molar-refractivity contribution < 1.29 is 9.84 Å². The zero-order chi connectivity index (χ0) is 12.0. The lowest BCUT2D eigenvalue weighted by molar-refractivity contribution is 0.0615. The van der Waals surface area contributed by atoms with Crippen LogP contribution in [0.2, 0.25) is 5.28 Å². The molecule has 0 amide bonds. The fourth-order valence-corrected chi connectivity index (χ4v) is 1.24. The largest absolute Gasteiger partial charge is 0.391 e. The molecule has 1 aromatic heterocycles. The first-order valence-electron chi connectivity index (χ1n) is 4.69. The van der Waals surface area contributed by atoms with E-state index in [0.717, 1.165) is 0 Å². The maximum absolute atomic E-state index is 9.37. The normalized spacial score (nSPS) is 12.4. The van der Waals surface area contributed by atoms with Gasteiger partial charge in [-0.25, -0.2) is 0 Å². The van der Waals surface area contributed by atoms with Gasteiger partial charge in [0.25, 0.3) is 0 Å². The van der Waals surface area contributed by atoms with Crippen LogP contribution in [0.25, 0.3) is 0 Å². The topological polar surface area (TPSA) is 106 Å². The highest BCUT2D eigenvalue weighted by molar-refractivity contribution is 6.28. The molecule has 0 aromatic carbocycles. The number of aliphatic hydroxyl groups is 1. The van der Waals surface area contributed by atoms with Crippen molar-refractivity contribution >= 4 is 23.5 Å². The molecule has 0 radical (unpaired) electrons. The Hall–Kier alpha value is -1.18. The number of halogens is 1. The molecule has 1 unspecified atom stereocenters. The molecule has 1 aromatic rings. The van der Waals surface area contributed by atoms with Gasteiger partial charge in [0, 0.05) is 13.7 Å². The average molecular weight is 248 g/mol. The lowest BCUT2D eigenvalue weighted by Gasteiger charge is -2.09. The van der Waals surface area contributed by atoms with Crippen molar-refractivity contribution in [2.75, 3.05) is 31.3 Å². The van der Waals surface area contributed by atoms with Crippen LogP contribution in [0.5, 0.6) is 0 Å². The first-order chi connectivity index (χ1) is 7.61. The second-order valence-corrected chi connectivity index (χ2v) is 3.45. The molecule has 0 aliphatic rings. The van der Waals surface area contributed by atoms with Crippen molar-refractivity contribution in [2.24, 2.45) is 0 Å². The van der Waals surface area contributed by atoms with Gasteiger partial charge in [-0.2, -0.15) is 15.0 Å². The second-order valence-electron chi connectivity index (χ2n) is 3.11. The van der Waals surface area contributed by atoms with Crippen LogP contribution in [0.4, 0.5) is 11.9 Å². The summed E-state index contributed by atoms with van der Waals surface area (Å²) >= 11 is 5.59. The first kappa shape index (κ1) is 12.9. The van der Waals surface area contributed by atoms with Gasteiger partial charge in [-0.1, -0.05) is 0 Å². The predicted octanol–water partition coefficient (Wildman–Crippen LogP) is -0.0835. The van der Waals surface area contributed by atoms with E-state index in [1.54, 1.807) is 0 Å². The number of nitrogen functional groups attached to an aromatic ring is 1. The molecule has 0 fully saturated rings. The number of ether oxygens (including phenoxy) is 1. The molecule has 0 bridgehead atoms. The molecule has 16 heavy (non-hydrogen) atoms. The van der Waals surface area contributed by atoms with Crippen molar-refractivity contribution in [3.63, 3.8) is 0 Å². The van der Waals surface area contributed by atoms with Gasteiger partial charge in [-0.15, -0.1) is 0 Å². The maximum atomic E-state index is 9.37. The summed E-state index contributed by atoms with van der Waals surface area (Å²) in [5, 5.41) is 12.3. The third kappa shape index (κ3) is 4.56. The average Bonchev–Trinajstić information content (AvgIpc) is 2.16. The summed E-state index contributed by atoms with van der Waals surface area (Å²) in [6.07, 6.45) is -0.0102. The highest BCUT2D eigenvalue weighted by atomic mass is 35.5. The molecule has 0 saturated heterocycles. The van der Waals surface area contributed by atoms with Crippen molar-refractivity contribution in [3.05, 3.63) is 5.28 Å². The van der Waals surface area contributed by atoms with E-state index >= 15 is 0 Å². The second kappa shape index (κ2) is 6.41. The summed E-state index contributed by atoms with van der Waals surface area (Å²) in [7, 11) is 1.53. The molecule has 0 aliphatic carbocycles. The van der Waals surface area contributed by atoms with Crippen LogP contribution in [-0.2, 0) is 4.74 Å². The van der Waals surface area contributed by atoms with Gasteiger partial charge < -0.3 is 20.9 Å². The summed E-state index contributed by atoms with van der Waals surface area (Å²) < 4.78 is 4.78. The minimum atomic E-state index is -0.521. The van der Waals surface area contributed by atoms with Crippen LogP contribution in [0.1, 0.15) is 6.42 Å². The molecular formula is C8H14ClN5O2. The zero-order valence-corrected chi connectivity index (χ0v) is 9.61. The van der Waals surface area contributed by atoms with Gasteiger partial charge in [-0.3, -0.25) is 0 Å². The van der Waals surface area contributed by atoms with Crippen LogP contribution in [-0.4, -0.2) is 46.4 Å². The molecule has 4 N–H and O–H groups in total. The van der Waals surface area contributed by atoms with Crippen molar-refractivity contribution in [1.82, 2.24) is 15.0 Å². The Morgan fingerprint density at radius 2 is 2.25 bits per heavy atom. The number of hydrogen-bond acceptors (Lipinski definition) is 7. The minimum Gasteiger partial charge on any atom is -0.391 e. The zero-order valence-electron chi connectivity index (χ0n) is 8.85. The number of methoxy groups -OCH3 is 1. The molecule has 1 heterocycles. The molecule has 0 aliphatic heterocycles. The number of nitrogens with zero attached hydrogens (tertiary/aromatic N) is 3. The van der Waals surface area contributed by atoms with Crippen molar-refractivity contribution in [2.45, 2.75) is 12.5 Å². The maximum Gasteiger partial charge on any atom is 0.228 e. The third-order valence-corrected chi connectivity index (χ3v) is 1.91. The van der Waals surface area contributed by atoms with Gasteiger partial charge in [0.1, 0.15) is 0 Å². The standard InChI is InChI=1S/C8H14ClN5O2/c1-16-4-5(15)2-3-11-8-13-6(9)12-7(10)14-8/h5,15H,2-4H2,1H3,(H3,10,11,12,13,14). The summed E-state index contributed by atoms with van der Waals surface area (Å²) in [5.41, 5.74) is 5.38. The lowest BCUT2D eigenvalue weighted by atomic mass is 10.3. The number of aromatic nitrogens is 3. The fraction of sp³-hybridized carbons (Fsp3) is 0.625. The fourth-order valence-electron chi connectivity index (χ4n) is 1.07. The highest BCUT2D eigenvalue weighted by Crippen LogP contribution is 2.06. The van der Waals surface area contributed by atoms with E-state index in [-0.39, 0.29) is 11.2 Å². The number of nitrogens with two attached hydrogens (primary N) is 1. The number of anilines is 2. The monoisotopic (exact) mass is 247 g/mol. The number of hydrogen-bond donors (Lipinski definition) is 3. The van der Waals surface area contributed by atoms with Gasteiger partial charge in [-0.05, 0) is 18.0 Å². The van der Waals surface area contributed by atoms with E-state index in [4.69, 9.17) is 22.1 Å². The molecule has 1 atom stereocenters. The predicted molar refractivity (Wildman–Crippen MR) is 60.2 cm³/mol. The van der Waals surface area contributed by atoms with E-state index in [1.807, 2.05) is 0 Å². The summed E-state index contributed by atoms with van der Waals surface area (Å²) in [6, 6.07) is 0. The lowest BCUT2D eigenvalue weighted by Crippen LogP contribution is -2.19. The highest BCUT2D eigenvalue weighted by Gasteiger charge is 2.05. The van der Waals surface area contributed by atoms with Crippen molar-refractivity contribution in [1.29, 1.82) is 0 Å². The number of aliphatic hydroxyl groups excluding tert-OH is 1. The van der Waals surface area contributed by atoms with Crippen LogP contribution in [0.15, 0.2) is 0 Å². The van der Waals surface area contributed by atoms with E-state index in [9.17, 15) is 5.11 Å². The Morgan fingerprint density at radius 3 is 2.88 bits per heavy atom. The smallest absolute Gasteiger partial charge is 0.228 e. The molecule has 8 heteroatoms. The SMILES string of the molecule is COCC(O)CCNc1nc(N)nc(Cl)n1. The Bertz CT molecular complexity index is 318. The van der Waals surface area contributed by atoms with E-state index < -0.39 is 6.10 Å². The van der Waals surface area contributed by atoms with Gasteiger partial charge in [0.2, 0.25) is 17.2 Å². The van der Waals surface area contributed by atoms with Gasteiger partial charge in [0.15, 0.2) is 0 Å². The minimum absolute atomic E-state index is 0.0347. The molecule has 0 spiro atoms. The van der Waals surface area contributed by atoms with Crippen LogP contribution < -0.4 is 11.1 Å². The molecule has 90 valence electrons. The molecule has 1 rings (SSSR count). The van der Waals surface area contributed by atoms with E-state index in [2.05, 4.69) is 20.3 Å². The van der Waals surface area contributed by atoms with Crippen molar-refractivity contribution in [3.8, 4) is 0 Å². The third-order valence-electron chi connectivity index (χ3n) is 1.75. The quantitative estimate of drug-likeness (QED) is 0.645. The first-order valence-corrected chi connectivity index (χ1v) is 5.07. The number of rotatable bonds is 6. The van der Waals surface area contributed by atoms with Crippen LogP contribution >= 0.6 is 11.6 Å². The van der Waals surface area contributed by atoms with E-state index in [0.29, 0.717) is 25.5 Å². The molecule has 7 nitrogen and oxygen atoms in total. The molecular weight excluding hydrogens is 234 g/mol. The van der Waals surface area contributed by atoms with Crippen LogP contribution in [0, 0.1) is 0 Å². The number of nitrogens with one attached hydrogen (secondary N) is 1. The Kier molecular flexibility index (Phi) is 5.17. The van der Waals surface area contributed by atoms with E-state index in [1.165, 1.54) is 7.11 Å². The summed E-state index contributed by atoms with van der Waals surface area (Å²) in [6.45, 7) is 0.784. The summed E-state index contributed by atoms with van der Waals surface area (Å²) in [5.74, 6) is 0.349.